The Kier molecular flexibility index (Phi) is 6.15. The van der Waals surface area contributed by atoms with E-state index < -0.39 is 0 Å². The van der Waals surface area contributed by atoms with Crippen LogP contribution in [0, 0.1) is 0 Å². The Bertz CT molecular complexity index is 305. The average molecular weight is 240 g/mol. The molecule has 0 aliphatic carbocycles. The third-order valence-corrected chi connectivity index (χ3v) is 2.52. The van der Waals surface area contributed by atoms with Crippen molar-refractivity contribution in [1.82, 2.24) is 20.4 Å². The highest BCUT2D eigenvalue weighted by Crippen LogP contribution is 2.06. The Labute approximate surface area is 104 Å². The van der Waals surface area contributed by atoms with Gasteiger partial charge in [-0.05, 0) is 27.1 Å². The Morgan fingerprint density at radius 2 is 2.12 bits per heavy atom. The third-order valence-electron chi connectivity index (χ3n) is 2.52. The fourth-order valence-corrected chi connectivity index (χ4v) is 1.84. The zero-order valence-corrected chi connectivity index (χ0v) is 11.4. The molecule has 0 spiro atoms. The van der Waals surface area contributed by atoms with E-state index in [4.69, 9.17) is 4.52 Å². The molecule has 0 aliphatic heterocycles. The molecule has 0 saturated heterocycles. The molecule has 0 bridgehead atoms. The van der Waals surface area contributed by atoms with Crippen LogP contribution in [0.1, 0.15) is 38.4 Å². The van der Waals surface area contributed by atoms with E-state index >= 15 is 0 Å². The lowest BCUT2D eigenvalue weighted by Gasteiger charge is -2.14. The van der Waals surface area contributed by atoms with E-state index in [-0.39, 0.29) is 0 Å². The molecule has 1 aromatic heterocycles. The van der Waals surface area contributed by atoms with Crippen LogP contribution >= 0.6 is 0 Å². The van der Waals surface area contributed by atoms with Gasteiger partial charge in [-0.25, -0.2) is 0 Å². The summed E-state index contributed by atoms with van der Waals surface area (Å²) in [6.45, 7) is 6.01. The summed E-state index contributed by atoms with van der Waals surface area (Å²) in [4.78, 5) is 6.43. The highest BCUT2D eigenvalue weighted by molar-refractivity contribution is 4.89. The third kappa shape index (κ3) is 5.28. The molecule has 0 fully saturated rings. The zero-order chi connectivity index (χ0) is 12.7. The van der Waals surface area contributed by atoms with Crippen LogP contribution in [0.4, 0.5) is 0 Å². The van der Waals surface area contributed by atoms with Crippen molar-refractivity contribution in [2.45, 2.75) is 45.7 Å². The second kappa shape index (κ2) is 7.40. The molecule has 1 heterocycles. The first kappa shape index (κ1) is 14.1. The second-order valence-electron chi connectivity index (χ2n) is 4.59. The van der Waals surface area contributed by atoms with Gasteiger partial charge in [-0.2, -0.15) is 4.98 Å². The summed E-state index contributed by atoms with van der Waals surface area (Å²) >= 11 is 0. The van der Waals surface area contributed by atoms with Crippen LogP contribution < -0.4 is 5.32 Å². The molecule has 5 heteroatoms. The number of nitrogens with one attached hydrogen (secondary N) is 1. The first-order chi connectivity index (χ1) is 8.15. The molecule has 0 saturated carbocycles. The second-order valence-corrected chi connectivity index (χ2v) is 4.59. The molecule has 98 valence electrons. The monoisotopic (exact) mass is 240 g/mol. The molecule has 5 nitrogen and oxygen atoms in total. The lowest BCUT2D eigenvalue weighted by Crippen LogP contribution is -2.30. The Morgan fingerprint density at radius 3 is 2.71 bits per heavy atom. The molecule has 1 atom stereocenters. The summed E-state index contributed by atoms with van der Waals surface area (Å²) in [6.07, 6.45) is 3.12. The number of rotatable bonds is 8. The molecular weight excluding hydrogens is 216 g/mol. The van der Waals surface area contributed by atoms with Gasteiger partial charge in [0.25, 0.3) is 0 Å². The fourth-order valence-electron chi connectivity index (χ4n) is 1.84. The number of aromatic nitrogens is 2. The molecule has 17 heavy (non-hydrogen) atoms. The van der Waals surface area contributed by atoms with Crippen molar-refractivity contribution in [3.63, 3.8) is 0 Å². The van der Waals surface area contributed by atoms with E-state index in [0.717, 1.165) is 44.1 Å². The maximum Gasteiger partial charge on any atom is 0.228 e. The van der Waals surface area contributed by atoms with Crippen molar-refractivity contribution in [1.29, 1.82) is 0 Å². The van der Waals surface area contributed by atoms with Gasteiger partial charge in [-0.3, -0.25) is 0 Å². The van der Waals surface area contributed by atoms with Crippen LogP contribution in [-0.2, 0) is 13.0 Å². The predicted octanol–water partition coefficient (Wildman–Crippen LogP) is 1.45. The van der Waals surface area contributed by atoms with Crippen LogP contribution in [0.2, 0.25) is 0 Å². The van der Waals surface area contributed by atoms with E-state index in [1.165, 1.54) is 0 Å². The summed E-state index contributed by atoms with van der Waals surface area (Å²) in [7, 11) is 3.99. The maximum absolute atomic E-state index is 5.26. The summed E-state index contributed by atoms with van der Waals surface area (Å²) in [5.41, 5.74) is 0. The SMILES string of the molecule is CCCC(Cc1nc(CN(C)C)no1)NCC. The van der Waals surface area contributed by atoms with Crippen LogP contribution in [0.5, 0.6) is 0 Å². The quantitative estimate of drug-likeness (QED) is 0.745. The maximum atomic E-state index is 5.26. The average Bonchev–Trinajstić information content (AvgIpc) is 2.65. The molecular formula is C12H24N4O. The number of likely N-dealkylation sites (N-methyl/N-ethyl adjacent to an activating group) is 1. The number of hydrogen-bond acceptors (Lipinski definition) is 5. The van der Waals surface area contributed by atoms with Gasteiger partial charge in [0.05, 0.1) is 6.54 Å². The van der Waals surface area contributed by atoms with Crippen molar-refractivity contribution in [3.05, 3.63) is 11.7 Å². The van der Waals surface area contributed by atoms with E-state index in [1.54, 1.807) is 0 Å². The van der Waals surface area contributed by atoms with Gasteiger partial charge in [0.1, 0.15) is 0 Å². The largest absolute Gasteiger partial charge is 0.339 e. The van der Waals surface area contributed by atoms with Gasteiger partial charge in [0.2, 0.25) is 5.89 Å². The summed E-state index contributed by atoms with van der Waals surface area (Å²) in [5.74, 6) is 1.50. The highest BCUT2D eigenvalue weighted by Gasteiger charge is 2.13. The number of nitrogens with zero attached hydrogens (tertiary/aromatic N) is 3. The fraction of sp³-hybridized carbons (Fsp3) is 0.833. The van der Waals surface area contributed by atoms with Gasteiger partial charge >= 0.3 is 0 Å². The van der Waals surface area contributed by atoms with E-state index in [0.29, 0.717) is 6.04 Å². The molecule has 0 aliphatic rings. The highest BCUT2D eigenvalue weighted by atomic mass is 16.5. The summed E-state index contributed by atoms with van der Waals surface area (Å²) < 4.78 is 5.26. The predicted molar refractivity (Wildman–Crippen MR) is 67.8 cm³/mol. The van der Waals surface area contributed by atoms with Gasteiger partial charge in [0, 0.05) is 12.5 Å². The van der Waals surface area contributed by atoms with Gasteiger partial charge in [-0.15, -0.1) is 0 Å². The van der Waals surface area contributed by atoms with Crippen LogP contribution in [0.25, 0.3) is 0 Å². The van der Waals surface area contributed by atoms with Crippen LogP contribution in [-0.4, -0.2) is 41.7 Å². The molecule has 1 unspecified atom stereocenters. The molecule has 1 N–H and O–H groups in total. The number of hydrogen-bond donors (Lipinski definition) is 1. The van der Waals surface area contributed by atoms with Gasteiger partial charge in [-0.1, -0.05) is 25.4 Å². The van der Waals surface area contributed by atoms with Crippen molar-refractivity contribution in [2.75, 3.05) is 20.6 Å². The molecule has 0 amide bonds. The Morgan fingerprint density at radius 1 is 1.35 bits per heavy atom. The first-order valence-corrected chi connectivity index (χ1v) is 6.35. The minimum absolute atomic E-state index is 0.442. The van der Waals surface area contributed by atoms with Crippen molar-refractivity contribution in [2.24, 2.45) is 0 Å². The normalized spacial score (nSPS) is 13.2. The minimum Gasteiger partial charge on any atom is -0.339 e. The van der Waals surface area contributed by atoms with E-state index in [1.807, 2.05) is 19.0 Å². The minimum atomic E-state index is 0.442. The van der Waals surface area contributed by atoms with Crippen molar-refractivity contribution in [3.8, 4) is 0 Å². The van der Waals surface area contributed by atoms with Gasteiger partial charge < -0.3 is 14.7 Å². The topological polar surface area (TPSA) is 54.2 Å². The lowest BCUT2D eigenvalue weighted by molar-refractivity contribution is 0.336. The Hall–Kier alpha value is -0.940. The van der Waals surface area contributed by atoms with Crippen LogP contribution in [0.3, 0.4) is 0 Å². The first-order valence-electron chi connectivity index (χ1n) is 6.35. The Balaban J connectivity index is 2.50. The molecule has 1 aromatic rings. The van der Waals surface area contributed by atoms with Crippen LogP contribution in [0.15, 0.2) is 4.52 Å². The van der Waals surface area contributed by atoms with Crippen molar-refractivity contribution < 1.29 is 4.52 Å². The van der Waals surface area contributed by atoms with Gasteiger partial charge in [0.15, 0.2) is 5.82 Å². The molecule has 0 radical (unpaired) electrons. The summed E-state index contributed by atoms with van der Waals surface area (Å²) in [6, 6.07) is 0.442. The van der Waals surface area contributed by atoms with E-state index in [9.17, 15) is 0 Å². The smallest absolute Gasteiger partial charge is 0.228 e. The lowest BCUT2D eigenvalue weighted by atomic mass is 10.1. The zero-order valence-electron chi connectivity index (χ0n) is 11.4. The van der Waals surface area contributed by atoms with Crippen molar-refractivity contribution >= 4 is 0 Å². The summed E-state index contributed by atoms with van der Waals surface area (Å²) in [5, 5.41) is 7.42. The van der Waals surface area contributed by atoms with E-state index in [2.05, 4.69) is 29.3 Å². The molecule has 0 aromatic carbocycles. The molecule has 1 rings (SSSR count). The standard InChI is InChI=1S/C12H24N4O/c1-5-7-10(13-6-2)8-12-14-11(15-17-12)9-16(3)4/h10,13H,5-9H2,1-4H3.